The van der Waals surface area contributed by atoms with E-state index in [0.29, 0.717) is 5.25 Å². The fourth-order valence-electron chi connectivity index (χ4n) is 1.54. The van der Waals surface area contributed by atoms with Crippen molar-refractivity contribution in [2.45, 2.75) is 37.8 Å². The van der Waals surface area contributed by atoms with Gasteiger partial charge in [0.1, 0.15) is 0 Å². The number of carbonyl (C=O) groups excluding carboxylic acids is 1. The van der Waals surface area contributed by atoms with Crippen LogP contribution in [0.2, 0.25) is 0 Å². The Bertz CT molecular complexity index is 438. The van der Waals surface area contributed by atoms with Gasteiger partial charge in [-0.25, -0.2) is 4.79 Å². The first kappa shape index (κ1) is 16.9. The SMILES string of the molecule is CC(C)SCc1cccc(NC(=O)N(C)C(C)CO)c1. The van der Waals surface area contributed by atoms with E-state index in [1.165, 1.54) is 10.5 Å². The summed E-state index contributed by atoms with van der Waals surface area (Å²) < 4.78 is 0. The lowest BCUT2D eigenvalue weighted by molar-refractivity contribution is 0.166. The molecule has 4 nitrogen and oxygen atoms in total. The van der Waals surface area contributed by atoms with Crippen LogP contribution in [0.3, 0.4) is 0 Å². The smallest absolute Gasteiger partial charge is 0.321 e. The van der Waals surface area contributed by atoms with Crippen LogP contribution in [-0.2, 0) is 5.75 Å². The maximum atomic E-state index is 12.0. The molecule has 0 aliphatic carbocycles. The molecular weight excluding hydrogens is 272 g/mol. The highest BCUT2D eigenvalue weighted by atomic mass is 32.2. The van der Waals surface area contributed by atoms with Crippen molar-refractivity contribution in [1.82, 2.24) is 4.90 Å². The second-order valence-electron chi connectivity index (χ2n) is 5.13. The molecule has 1 atom stereocenters. The first-order valence-corrected chi connectivity index (χ1v) is 7.84. The van der Waals surface area contributed by atoms with Gasteiger partial charge in [-0.3, -0.25) is 0 Å². The van der Waals surface area contributed by atoms with Gasteiger partial charge < -0.3 is 15.3 Å². The fourth-order valence-corrected chi connectivity index (χ4v) is 2.24. The maximum Gasteiger partial charge on any atom is 0.321 e. The molecule has 2 amide bonds. The number of nitrogens with zero attached hydrogens (tertiary/aromatic N) is 1. The van der Waals surface area contributed by atoms with Gasteiger partial charge in [0.25, 0.3) is 0 Å². The van der Waals surface area contributed by atoms with Crippen LogP contribution in [-0.4, -0.2) is 41.0 Å². The van der Waals surface area contributed by atoms with Gasteiger partial charge in [-0.05, 0) is 29.9 Å². The number of urea groups is 1. The standard InChI is InChI=1S/C15H24N2O2S/c1-11(2)20-10-13-6-5-7-14(8-13)16-15(19)17(4)12(3)9-18/h5-8,11-12,18H,9-10H2,1-4H3,(H,16,19). The summed E-state index contributed by atoms with van der Waals surface area (Å²) >= 11 is 1.87. The van der Waals surface area contributed by atoms with Crippen molar-refractivity contribution < 1.29 is 9.90 Å². The summed E-state index contributed by atoms with van der Waals surface area (Å²) in [5, 5.41) is 12.5. The molecule has 0 saturated carbocycles. The molecule has 0 radical (unpaired) electrons. The lowest BCUT2D eigenvalue weighted by atomic mass is 10.2. The Kier molecular flexibility index (Phi) is 6.88. The third-order valence-corrected chi connectivity index (χ3v) is 4.17. The average Bonchev–Trinajstić information content (AvgIpc) is 2.43. The summed E-state index contributed by atoms with van der Waals surface area (Å²) in [6.07, 6.45) is 0. The molecule has 112 valence electrons. The first-order valence-electron chi connectivity index (χ1n) is 6.79. The summed E-state index contributed by atoms with van der Waals surface area (Å²) in [5.41, 5.74) is 1.98. The average molecular weight is 296 g/mol. The summed E-state index contributed by atoms with van der Waals surface area (Å²) in [7, 11) is 1.68. The highest BCUT2D eigenvalue weighted by molar-refractivity contribution is 7.99. The van der Waals surface area contributed by atoms with E-state index in [0.717, 1.165) is 11.4 Å². The molecule has 1 aromatic rings. The number of hydrogen-bond acceptors (Lipinski definition) is 3. The Balaban J connectivity index is 2.63. The van der Waals surface area contributed by atoms with Crippen molar-refractivity contribution in [3.63, 3.8) is 0 Å². The van der Waals surface area contributed by atoms with Crippen LogP contribution >= 0.6 is 11.8 Å². The number of anilines is 1. The van der Waals surface area contributed by atoms with Crippen LogP contribution < -0.4 is 5.32 Å². The van der Waals surface area contributed by atoms with Crippen LogP contribution in [0.1, 0.15) is 26.3 Å². The molecule has 0 spiro atoms. The van der Waals surface area contributed by atoms with Crippen LogP contribution in [0, 0.1) is 0 Å². The molecule has 1 unspecified atom stereocenters. The second-order valence-corrected chi connectivity index (χ2v) is 6.70. The van der Waals surface area contributed by atoms with Crippen molar-refractivity contribution in [3.8, 4) is 0 Å². The van der Waals surface area contributed by atoms with Crippen LogP contribution in [0.15, 0.2) is 24.3 Å². The monoisotopic (exact) mass is 296 g/mol. The molecule has 2 N–H and O–H groups in total. The lowest BCUT2D eigenvalue weighted by Crippen LogP contribution is -2.40. The van der Waals surface area contributed by atoms with E-state index in [1.807, 2.05) is 30.0 Å². The van der Waals surface area contributed by atoms with Gasteiger partial charge in [0.05, 0.1) is 12.6 Å². The number of aliphatic hydroxyl groups excluding tert-OH is 1. The minimum atomic E-state index is -0.208. The van der Waals surface area contributed by atoms with E-state index in [4.69, 9.17) is 5.11 Å². The van der Waals surface area contributed by atoms with Crippen molar-refractivity contribution in [1.29, 1.82) is 0 Å². The summed E-state index contributed by atoms with van der Waals surface area (Å²) in [6, 6.07) is 7.46. The number of aliphatic hydroxyl groups is 1. The third-order valence-electron chi connectivity index (χ3n) is 3.01. The zero-order valence-electron chi connectivity index (χ0n) is 12.6. The van der Waals surface area contributed by atoms with Gasteiger partial charge >= 0.3 is 6.03 Å². The number of nitrogens with one attached hydrogen (secondary N) is 1. The van der Waals surface area contributed by atoms with Crippen LogP contribution in [0.4, 0.5) is 10.5 Å². The molecule has 1 rings (SSSR count). The van der Waals surface area contributed by atoms with Gasteiger partial charge in [-0.1, -0.05) is 26.0 Å². The number of thioether (sulfide) groups is 1. The Hall–Kier alpha value is -1.20. The Morgan fingerprint density at radius 3 is 2.70 bits per heavy atom. The summed E-state index contributed by atoms with van der Waals surface area (Å²) in [5.74, 6) is 0.935. The molecule has 0 fully saturated rings. The molecule has 0 aliphatic heterocycles. The first-order chi connectivity index (χ1) is 9.43. The zero-order chi connectivity index (χ0) is 15.1. The topological polar surface area (TPSA) is 52.6 Å². The van der Waals surface area contributed by atoms with E-state index in [1.54, 1.807) is 14.0 Å². The predicted molar refractivity (Wildman–Crippen MR) is 86.2 cm³/mol. The zero-order valence-corrected chi connectivity index (χ0v) is 13.4. The second kappa shape index (κ2) is 8.17. The predicted octanol–water partition coefficient (Wildman–Crippen LogP) is 3.17. The Morgan fingerprint density at radius 2 is 2.10 bits per heavy atom. The van der Waals surface area contributed by atoms with Crippen molar-refractivity contribution in [2.24, 2.45) is 0 Å². The minimum absolute atomic E-state index is 0.0466. The fraction of sp³-hybridized carbons (Fsp3) is 0.533. The molecule has 0 aliphatic rings. The van der Waals surface area contributed by atoms with E-state index >= 15 is 0 Å². The van der Waals surface area contributed by atoms with E-state index in [2.05, 4.69) is 25.2 Å². The van der Waals surface area contributed by atoms with E-state index in [9.17, 15) is 4.79 Å². The number of carbonyl (C=O) groups is 1. The third kappa shape index (κ3) is 5.43. The molecule has 1 aromatic carbocycles. The molecule has 0 bridgehead atoms. The van der Waals surface area contributed by atoms with Gasteiger partial charge in [-0.15, -0.1) is 0 Å². The van der Waals surface area contributed by atoms with Gasteiger partial charge in [0.2, 0.25) is 0 Å². The van der Waals surface area contributed by atoms with Crippen LogP contribution in [0.25, 0.3) is 0 Å². The van der Waals surface area contributed by atoms with Gasteiger partial charge in [0, 0.05) is 18.5 Å². The molecule has 20 heavy (non-hydrogen) atoms. The van der Waals surface area contributed by atoms with Gasteiger partial charge in [0.15, 0.2) is 0 Å². The molecule has 0 heterocycles. The number of amides is 2. The Labute approximate surface area is 125 Å². The largest absolute Gasteiger partial charge is 0.394 e. The lowest BCUT2D eigenvalue weighted by Gasteiger charge is -2.23. The number of likely N-dealkylation sites (N-methyl/N-ethyl adjacent to an activating group) is 1. The molecular formula is C15H24N2O2S. The highest BCUT2D eigenvalue weighted by Gasteiger charge is 2.14. The minimum Gasteiger partial charge on any atom is -0.394 e. The number of hydrogen-bond donors (Lipinski definition) is 2. The van der Waals surface area contributed by atoms with Crippen molar-refractivity contribution >= 4 is 23.5 Å². The summed E-state index contributed by atoms with van der Waals surface area (Å²) in [4.78, 5) is 13.5. The maximum absolute atomic E-state index is 12.0. The van der Waals surface area contributed by atoms with Crippen molar-refractivity contribution in [3.05, 3.63) is 29.8 Å². The summed E-state index contributed by atoms with van der Waals surface area (Å²) in [6.45, 7) is 6.09. The van der Waals surface area contributed by atoms with E-state index < -0.39 is 0 Å². The molecule has 5 heteroatoms. The van der Waals surface area contributed by atoms with E-state index in [-0.39, 0.29) is 18.7 Å². The molecule has 0 saturated heterocycles. The van der Waals surface area contributed by atoms with Crippen molar-refractivity contribution in [2.75, 3.05) is 19.0 Å². The normalized spacial score (nSPS) is 12.3. The van der Waals surface area contributed by atoms with Crippen LogP contribution in [0.5, 0.6) is 0 Å². The quantitative estimate of drug-likeness (QED) is 0.848. The molecule has 0 aromatic heterocycles. The highest BCUT2D eigenvalue weighted by Crippen LogP contribution is 2.20. The number of rotatable bonds is 6. The number of benzene rings is 1. The van der Waals surface area contributed by atoms with Gasteiger partial charge in [-0.2, -0.15) is 11.8 Å². The Morgan fingerprint density at radius 1 is 1.40 bits per heavy atom.